The summed E-state index contributed by atoms with van der Waals surface area (Å²) in [5.74, 6) is -14.0. The van der Waals surface area contributed by atoms with Crippen LogP contribution in [0.3, 0.4) is 0 Å². The summed E-state index contributed by atoms with van der Waals surface area (Å²) in [6, 6.07) is 0. The third kappa shape index (κ3) is 4.79. The summed E-state index contributed by atoms with van der Waals surface area (Å²) < 4.78 is 121. The van der Waals surface area contributed by atoms with Crippen molar-refractivity contribution < 1.29 is 49.0 Å². The summed E-state index contributed by atoms with van der Waals surface area (Å²) in [6.45, 7) is 3.84. The molecule has 0 saturated carbocycles. The van der Waals surface area contributed by atoms with Gasteiger partial charge in [-0.25, -0.2) is 26.7 Å². The average molecular weight is 374 g/mol. The summed E-state index contributed by atoms with van der Waals surface area (Å²) in [5, 5.41) is 0. The molecule has 0 radical (unpaired) electrons. The molecule has 0 fully saturated rings. The molecule has 0 aliphatic carbocycles. The number of ether oxygens (including phenoxy) is 1. The number of halogens is 9. The fraction of sp³-hybridized carbons (Fsp3) is 0.769. The molecular formula is C13H15F9O2. The lowest BCUT2D eigenvalue weighted by Crippen LogP contribution is -2.57. The van der Waals surface area contributed by atoms with Gasteiger partial charge in [-0.2, -0.15) is 17.6 Å². The Morgan fingerprint density at radius 3 is 1.96 bits per heavy atom. The van der Waals surface area contributed by atoms with Crippen LogP contribution in [0.25, 0.3) is 0 Å². The van der Waals surface area contributed by atoms with Crippen molar-refractivity contribution in [3.05, 3.63) is 12.2 Å². The highest BCUT2D eigenvalue weighted by atomic mass is 19.3. The molecule has 0 aromatic rings. The van der Waals surface area contributed by atoms with Gasteiger partial charge in [0.25, 0.3) is 6.43 Å². The highest BCUT2D eigenvalue weighted by Gasteiger charge is 2.69. The zero-order valence-corrected chi connectivity index (χ0v) is 12.4. The van der Waals surface area contributed by atoms with E-state index in [0.29, 0.717) is 6.42 Å². The summed E-state index contributed by atoms with van der Waals surface area (Å²) in [7, 11) is 0. The van der Waals surface area contributed by atoms with Crippen molar-refractivity contribution in [3.8, 4) is 0 Å². The second-order valence-corrected chi connectivity index (χ2v) is 4.80. The van der Waals surface area contributed by atoms with E-state index in [0.717, 1.165) is 0 Å². The van der Waals surface area contributed by atoms with E-state index in [1.807, 2.05) is 0 Å². The van der Waals surface area contributed by atoms with Crippen molar-refractivity contribution in [1.29, 1.82) is 0 Å². The Kier molecular flexibility index (Phi) is 8.10. The molecule has 142 valence electrons. The molecule has 24 heavy (non-hydrogen) atoms. The first-order valence-electron chi connectivity index (χ1n) is 6.64. The summed E-state index contributed by atoms with van der Waals surface area (Å²) >= 11 is 0. The molecule has 0 aliphatic rings. The van der Waals surface area contributed by atoms with E-state index in [9.17, 15) is 44.3 Å². The maximum Gasteiger partial charge on any atom is 0.348 e. The topological polar surface area (TPSA) is 26.3 Å². The molecule has 0 amide bonds. The minimum absolute atomic E-state index is 0.257. The largest absolute Gasteiger partial charge is 0.462 e. The molecule has 0 saturated heterocycles. The van der Waals surface area contributed by atoms with Gasteiger partial charge < -0.3 is 4.74 Å². The third-order valence-electron chi connectivity index (χ3n) is 2.93. The lowest BCUT2D eigenvalue weighted by atomic mass is 9.95. The van der Waals surface area contributed by atoms with E-state index in [4.69, 9.17) is 0 Å². The normalized spacial score (nSPS) is 16.6. The smallest absolute Gasteiger partial charge is 0.348 e. The first-order valence-corrected chi connectivity index (χ1v) is 6.64. The number of unbranched alkanes of at least 4 members (excludes halogenated alkanes) is 1. The Morgan fingerprint density at radius 1 is 1.04 bits per heavy atom. The molecule has 3 unspecified atom stereocenters. The van der Waals surface area contributed by atoms with Crippen molar-refractivity contribution in [2.75, 3.05) is 6.61 Å². The SMILES string of the molecule is C=C(C(=O)OCCCC)C(F)C(F)(F)C(F)(F)C(F)C(F)C(F)F. The van der Waals surface area contributed by atoms with Crippen molar-refractivity contribution >= 4 is 5.97 Å². The zero-order chi connectivity index (χ0) is 19.3. The van der Waals surface area contributed by atoms with Gasteiger partial charge in [0.05, 0.1) is 12.2 Å². The van der Waals surface area contributed by atoms with E-state index in [1.165, 1.54) is 0 Å². The second kappa shape index (κ2) is 8.61. The lowest BCUT2D eigenvalue weighted by Gasteiger charge is -2.32. The first kappa shape index (κ1) is 22.6. The minimum atomic E-state index is -6.16. The number of alkyl halides is 9. The Balaban J connectivity index is 5.25. The molecular weight excluding hydrogens is 359 g/mol. The predicted molar refractivity (Wildman–Crippen MR) is 65.6 cm³/mol. The van der Waals surface area contributed by atoms with Crippen molar-refractivity contribution in [1.82, 2.24) is 0 Å². The maximum absolute atomic E-state index is 13.5. The van der Waals surface area contributed by atoms with Crippen LogP contribution in [0.1, 0.15) is 19.8 Å². The van der Waals surface area contributed by atoms with Gasteiger partial charge in [-0.05, 0) is 6.42 Å². The quantitative estimate of drug-likeness (QED) is 0.245. The van der Waals surface area contributed by atoms with Crippen molar-refractivity contribution in [2.24, 2.45) is 0 Å². The monoisotopic (exact) mass is 374 g/mol. The lowest BCUT2D eigenvalue weighted by molar-refractivity contribution is -0.271. The van der Waals surface area contributed by atoms with Crippen LogP contribution >= 0.6 is 0 Å². The fourth-order valence-corrected chi connectivity index (χ4v) is 1.40. The van der Waals surface area contributed by atoms with Gasteiger partial charge in [-0.3, -0.25) is 0 Å². The fourth-order valence-electron chi connectivity index (χ4n) is 1.40. The molecule has 3 atom stereocenters. The number of esters is 1. The highest BCUT2D eigenvalue weighted by molar-refractivity contribution is 5.89. The molecule has 0 rings (SSSR count). The Labute approximate surface area is 131 Å². The number of carbonyl (C=O) groups is 1. The zero-order valence-electron chi connectivity index (χ0n) is 12.4. The van der Waals surface area contributed by atoms with E-state index >= 15 is 0 Å². The van der Waals surface area contributed by atoms with Gasteiger partial charge in [0, 0.05) is 0 Å². The van der Waals surface area contributed by atoms with Crippen molar-refractivity contribution in [3.63, 3.8) is 0 Å². The van der Waals surface area contributed by atoms with Gasteiger partial charge in [0.1, 0.15) is 0 Å². The summed E-state index contributed by atoms with van der Waals surface area (Å²) in [6.07, 6.45) is -16.7. The number of hydrogen-bond acceptors (Lipinski definition) is 2. The molecule has 0 heterocycles. The Bertz CT molecular complexity index is 439. The Hall–Kier alpha value is -1.42. The molecule has 0 aromatic heterocycles. The second-order valence-electron chi connectivity index (χ2n) is 4.80. The van der Waals surface area contributed by atoms with Crippen molar-refractivity contribution in [2.45, 2.75) is 56.6 Å². The van der Waals surface area contributed by atoms with Crippen LogP contribution in [0, 0.1) is 0 Å². The summed E-state index contributed by atoms with van der Waals surface area (Å²) in [4.78, 5) is 11.2. The van der Waals surface area contributed by atoms with E-state index in [2.05, 4.69) is 11.3 Å². The van der Waals surface area contributed by atoms with Crippen LogP contribution < -0.4 is 0 Å². The standard InChI is InChI=1S/C13H15F9O2/c1-3-4-5-24-11(23)6(2)8(15)12(19,20)13(21,22)9(16)7(14)10(17)18/h7-10H,2-5H2,1H3. The molecule has 2 nitrogen and oxygen atoms in total. The van der Waals surface area contributed by atoms with Gasteiger partial charge in [0.2, 0.25) is 12.3 Å². The third-order valence-corrected chi connectivity index (χ3v) is 2.93. The molecule has 11 heteroatoms. The van der Waals surface area contributed by atoms with Gasteiger partial charge in [-0.1, -0.05) is 19.9 Å². The average Bonchev–Trinajstić information content (AvgIpc) is 2.51. The van der Waals surface area contributed by atoms with Crippen LogP contribution in [0.4, 0.5) is 39.5 Å². The van der Waals surface area contributed by atoms with E-state index in [-0.39, 0.29) is 13.0 Å². The van der Waals surface area contributed by atoms with Crippen LogP contribution in [-0.2, 0) is 9.53 Å². The first-order chi connectivity index (χ1) is 10.8. The summed E-state index contributed by atoms with van der Waals surface area (Å²) in [5.41, 5.74) is -1.77. The Morgan fingerprint density at radius 2 is 1.54 bits per heavy atom. The van der Waals surface area contributed by atoms with Crippen LogP contribution in [0.15, 0.2) is 12.2 Å². The van der Waals surface area contributed by atoms with Gasteiger partial charge >= 0.3 is 17.8 Å². The molecule has 0 bridgehead atoms. The van der Waals surface area contributed by atoms with Gasteiger partial charge in [0.15, 0.2) is 6.17 Å². The van der Waals surface area contributed by atoms with E-state index < -0.39 is 48.3 Å². The van der Waals surface area contributed by atoms with Crippen LogP contribution in [-0.4, -0.2) is 49.4 Å². The molecule has 0 N–H and O–H groups in total. The van der Waals surface area contributed by atoms with Crippen LogP contribution in [0.5, 0.6) is 0 Å². The predicted octanol–water partition coefficient (Wildman–Crippen LogP) is 4.44. The molecule has 0 aliphatic heterocycles. The number of carbonyl (C=O) groups excluding carboxylic acids is 1. The van der Waals surface area contributed by atoms with Crippen LogP contribution in [0.2, 0.25) is 0 Å². The number of rotatable bonds is 10. The molecule has 0 aromatic carbocycles. The highest BCUT2D eigenvalue weighted by Crippen LogP contribution is 2.45. The molecule has 0 spiro atoms. The maximum atomic E-state index is 13.5. The van der Waals surface area contributed by atoms with E-state index in [1.54, 1.807) is 6.92 Å². The minimum Gasteiger partial charge on any atom is -0.462 e. The van der Waals surface area contributed by atoms with Gasteiger partial charge in [-0.15, -0.1) is 0 Å². The number of hydrogen-bond donors (Lipinski definition) is 0.